The minimum absolute atomic E-state index is 0.236. The lowest BCUT2D eigenvalue weighted by atomic mass is 10.2. The second kappa shape index (κ2) is 7.72. The van der Waals surface area contributed by atoms with Gasteiger partial charge in [0.15, 0.2) is 5.69 Å². The zero-order chi connectivity index (χ0) is 18.6. The van der Waals surface area contributed by atoms with E-state index in [0.717, 1.165) is 19.6 Å². The molecule has 1 saturated heterocycles. The number of aromatic nitrogens is 2. The highest BCUT2D eigenvalue weighted by molar-refractivity contribution is 6.02. The van der Waals surface area contributed by atoms with Crippen molar-refractivity contribution in [3.8, 4) is 5.69 Å². The number of amides is 1. The van der Waals surface area contributed by atoms with Crippen molar-refractivity contribution in [3.05, 3.63) is 77.9 Å². The van der Waals surface area contributed by atoms with E-state index in [2.05, 4.69) is 15.3 Å². The number of rotatable bonds is 5. The van der Waals surface area contributed by atoms with Crippen LogP contribution >= 0.6 is 0 Å². The maximum Gasteiger partial charge on any atom is 0.276 e. The summed E-state index contributed by atoms with van der Waals surface area (Å²) in [7, 11) is 0. The Morgan fingerprint density at radius 3 is 2.52 bits per heavy atom. The van der Waals surface area contributed by atoms with Crippen LogP contribution in [0.25, 0.3) is 5.69 Å². The zero-order valence-electron chi connectivity index (χ0n) is 14.9. The number of halogens is 1. The van der Waals surface area contributed by atoms with E-state index in [1.54, 1.807) is 30.5 Å². The lowest BCUT2D eigenvalue weighted by Gasteiger charge is -2.14. The van der Waals surface area contributed by atoms with E-state index in [1.807, 2.05) is 24.3 Å². The number of likely N-dealkylation sites (tertiary alicyclic amines) is 1. The highest BCUT2D eigenvalue weighted by atomic mass is 19.1. The molecule has 4 rings (SSSR count). The third kappa shape index (κ3) is 4.06. The number of carbonyl (C=O) groups excluding carboxylic acids is 1. The van der Waals surface area contributed by atoms with Gasteiger partial charge in [-0.05, 0) is 61.8 Å². The van der Waals surface area contributed by atoms with Gasteiger partial charge in [0, 0.05) is 18.4 Å². The average molecular weight is 364 g/mol. The average Bonchev–Trinajstić information content (AvgIpc) is 3.36. The van der Waals surface area contributed by atoms with Crippen LogP contribution in [-0.4, -0.2) is 33.7 Å². The third-order valence-corrected chi connectivity index (χ3v) is 4.74. The summed E-state index contributed by atoms with van der Waals surface area (Å²) in [6.07, 6.45) is 4.12. The highest BCUT2D eigenvalue weighted by Gasteiger charge is 2.13. The topological polar surface area (TPSA) is 50.2 Å². The van der Waals surface area contributed by atoms with Gasteiger partial charge >= 0.3 is 0 Å². The molecule has 1 aromatic heterocycles. The van der Waals surface area contributed by atoms with Gasteiger partial charge in [0.1, 0.15) is 11.5 Å². The van der Waals surface area contributed by atoms with E-state index >= 15 is 0 Å². The van der Waals surface area contributed by atoms with Gasteiger partial charge in [-0.2, -0.15) is 5.10 Å². The lowest BCUT2D eigenvalue weighted by molar-refractivity contribution is 0.102. The van der Waals surface area contributed by atoms with E-state index in [4.69, 9.17) is 0 Å². The molecule has 1 amide bonds. The van der Waals surface area contributed by atoms with Crippen LogP contribution in [0.4, 0.5) is 10.1 Å². The number of para-hydroxylation sites is 1. The Balaban J connectivity index is 1.41. The Morgan fingerprint density at radius 1 is 1.04 bits per heavy atom. The summed E-state index contributed by atoms with van der Waals surface area (Å²) in [5.74, 6) is -0.710. The number of hydrogen-bond donors (Lipinski definition) is 1. The Morgan fingerprint density at radius 2 is 1.78 bits per heavy atom. The molecule has 27 heavy (non-hydrogen) atoms. The van der Waals surface area contributed by atoms with Crippen molar-refractivity contribution in [1.82, 2.24) is 14.7 Å². The Bertz CT molecular complexity index is 929. The quantitative estimate of drug-likeness (QED) is 0.748. The number of nitrogens with one attached hydrogen (secondary N) is 1. The molecule has 1 N–H and O–H groups in total. The van der Waals surface area contributed by atoms with E-state index in [-0.39, 0.29) is 17.4 Å². The number of hydrogen-bond acceptors (Lipinski definition) is 3. The van der Waals surface area contributed by atoms with Crippen LogP contribution in [0.3, 0.4) is 0 Å². The summed E-state index contributed by atoms with van der Waals surface area (Å²) >= 11 is 0. The molecule has 0 atom stereocenters. The van der Waals surface area contributed by atoms with Gasteiger partial charge in [0.05, 0.1) is 0 Å². The summed E-state index contributed by atoms with van der Waals surface area (Å²) < 4.78 is 15.2. The van der Waals surface area contributed by atoms with Gasteiger partial charge < -0.3 is 5.32 Å². The van der Waals surface area contributed by atoms with Crippen molar-refractivity contribution >= 4 is 11.6 Å². The van der Waals surface area contributed by atoms with E-state index < -0.39 is 0 Å². The Labute approximate surface area is 157 Å². The molecule has 0 aliphatic carbocycles. The standard InChI is InChI=1S/C21H21FN4O/c22-18-5-1-2-6-20(18)26-14-11-19(24-26)21(27)23-17-9-7-16(8-10-17)15-25-12-3-4-13-25/h1-2,5-11,14H,3-4,12-13,15H2,(H,23,27). The van der Waals surface area contributed by atoms with Crippen LogP contribution in [0.1, 0.15) is 28.9 Å². The smallest absolute Gasteiger partial charge is 0.276 e. The van der Waals surface area contributed by atoms with Crippen LogP contribution in [0.2, 0.25) is 0 Å². The first-order chi connectivity index (χ1) is 13.2. The van der Waals surface area contributed by atoms with Gasteiger partial charge in [-0.25, -0.2) is 9.07 Å². The highest BCUT2D eigenvalue weighted by Crippen LogP contribution is 2.16. The Kier molecular flexibility index (Phi) is 4.98. The molecule has 2 aromatic carbocycles. The molecule has 5 nitrogen and oxygen atoms in total. The molecule has 3 aromatic rings. The molecule has 1 fully saturated rings. The van der Waals surface area contributed by atoms with Crippen LogP contribution < -0.4 is 5.32 Å². The molecule has 0 saturated carbocycles. The SMILES string of the molecule is O=C(Nc1ccc(CN2CCCC2)cc1)c1ccn(-c2ccccc2F)n1. The predicted molar refractivity (Wildman–Crippen MR) is 102 cm³/mol. The molecular formula is C21H21FN4O. The number of benzene rings is 2. The molecule has 0 spiro atoms. The van der Waals surface area contributed by atoms with Crippen molar-refractivity contribution in [1.29, 1.82) is 0 Å². The fraction of sp³-hybridized carbons (Fsp3) is 0.238. The van der Waals surface area contributed by atoms with Crippen molar-refractivity contribution < 1.29 is 9.18 Å². The third-order valence-electron chi connectivity index (χ3n) is 4.74. The number of anilines is 1. The first-order valence-corrected chi connectivity index (χ1v) is 9.12. The second-order valence-electron chi connectivity index (χ2n) is 6.73. The van der Waals surface area contributed by atoms with Crippen molar-refractivity contribution in [2.24, 2.45) is 0 Å². The number of nitrogens with zero attached hydrogens (tertiary/aromatic N) is 3. The van der Waals surface area contributed by atoms with Gasteiger partial charge in [-0.3, -0.25) is 9.69 Å². The molecular weight excluding hydrogens is 343 g/mol. The summed E-state index contributed by atoms with van der Waals surface area (Å²) in [4.78, 5) is 14.9. The van der Waals surface area contributed by atoms with Crippen LogP contribution in [-0.2, 0) is 6.54 Å². The predicted octanol–water partition coefficient (Wildman–Crippen LogP) is 3.86. The minimum Gasteiger partial charge on any atom is -0.321 e. The molecule has 1 aliphatic rings. The zero-order valence-corrected chi connectivity index (χ0v) is 14.9. The van der Waals surface area contributed by atoms with E-state index in [0.29, 0.717) is 11.4 Å². The van der Waals surface area contributed by atoms with Crippen molar-refractivity contribution in [3.63, 3.8) is 0 Å². The normalized spacial score (nSPS) is 14.4. The summed E-state index contributed by atoms with van der Waals surface area (Å²) in [6, 6.07) is 15.8. The lowest BCUT2D eigenvalue weighted by Crippen LogP contribution is -2.18. The first-order valence-electron chi connectivity index (χ1n) is 9.12. The van der Waals surface area contributed by atoms with Gasteiger partial charge in [-0.15, -0.1) is 0 Å². The molecule has 138 valence electrons. The summed E-state index contributed by atoms with van der Waals surface area (Å²) in [5, 5.41) is 7.02. The molecule has 1 aliphatic heterocycles. The van der Waals surface area contributed by atoms with Crippen molar-refractivity contribution in [2.45, 2.75) is 19.4 Å². The van der Waals surface area contributed by atoms with Gasteiger partial charge in [0.2, 0.25) is 0 Å². The van der Waals surface area contributed by atoms with Crippen LogP contribution in [0.15, 0.2) is 60.8 Å². The summed E-state index contributed by atoms with van der Waals surface area (Å²) in [5.41, 5.74) is 2.49. The van der Waals surface area contributed by atoms with E-state index in [9.17, 15) is 9.18 Å². The molecule has 0 unspecified atom stereocenters. The molecule has 0 radical (unpaired) electrons. The van der Waals surface area contributed by atoms with Crippen molar-refractivity contribution in [2.75, 3.05) is 18.4 Å². The minimum atomic E-state index is -0.388. The largest absolute Gasteiger partial charge is 0.321 e. The first kappa shape index (κ1) is 17.4. The number of carbonyl (C=O) groups is 1. The summed E-state index contributed by atoms with van der Waals surface area (Å²) in [6.45, 7) is 3.26. The fourth-order valence-corrected chi connectivity index (χ4v) is 3.30. The maximum absolute atomic E-state index is 13.9. The van der Waals surface area contributed by atoms with Crippen LogP contribution in [0.5, 0.6) is 0 Å². The fourth-order valence-electron chi connectivity index (χ4n) is 3.30. The van der Waals surface area contributed by atoms with Gasteiger partial charge in [-0.1, -0.05) is 24.3 Å². The maximum atomic E-state index is 13.9. The second-order valence-corrected chi connectivity index (χ2v) is 6.73. The molecule has 6 heteroatoms. The van der Waals surface area contributed by atoms with Crippen LogP contribution in [0, 0.1) is 5.82 Å². The molecule has 2 heterocycles. The Hall–Kier alpha value is -2.99. The molecule has 0 bridgehead atoms. The monoisotopic (exact) mass is 364 g/mol. The van der Waals surface area contributed by atoms with E-state index in [1.165, 1.54) is 29.2 Å². The van der Waals surface area contributed by atoms with Gasteiger partial charge in [0.25, 0.3) is 5.91 Å².